The molecule has 1 unspecified atom stereocenters. The monoisotopic (exact) mass is 298 g/mol. The van der Waals surface area contributed by atoms with Gasteiger partial charge in [0.25, 0.3) is 0 Å². The van der Waals surface area contributed by atoms with Gasteiger partial charge in [-0.1, -0.05) is 18.2 Å². The third-order valence-electron chi connectivity index (χ3n) is 4.30. The predicted octanol–water partition coefficient (Wildman–Crippen LogP) is 3.88. The molecule has 0 saturated heterocycles. The molecule has 0 spiro atoms. The first kappa shape index (κ1) is 16.0. The lowest BCUT2D eigenvalue weighted by Crippen LogP contribution is -2.39. The number of hydrogen-bond acceptors (Lipinski definition) is 2. The summed E-state index contributed by atoms with van der Waals surface area (Å²) in [7, 11) is 3.65. The molecule has 2 rings (SSSR count). The van der Waals surface area contributed by atoms with Crippen LogP contribution in [0.1, 0.15) is 36.3 Å². The number of nitrogens with zero attached hydrogens (tertiary/aromatic N) is 1. The maximum atomic E-state index is 12.8. The van der Waals surface area contributed by atoms with E-state index in [1.807, 2.05) is 13.3 Å². The molecule has 0 aliphatic heterocycles. The van der Waals surface area contributed by atoms with Crippen molar-refractivity contribution in [2.24, 2.45) is 10.9 Å². The van der Waals surface area contributed by atoms with Gasteiger partial charge in [-0.05, 0) is 43.9 Å². The minimum absolute atomic E-state index is 0.172. The van der Waals surface area contributed by atoms with E-state index in [1.54, 1.807) is 13.1 Å². The molecule has 3 atom stereocenters. The van der Waals surface area contributed by atoms with Crippen LogP contribution in [-0.4, -0.2) is 26.4 Å². The second-order valence-corrected chi connectivity index (χ2v) is 5.60. The Balaban J connectivity index is 2.16. The van der Waals surface area contributed by atoms with E-state index >= 15 is 0 Å². The van der Waals surface area contributed by atoms with Crippen LogP contribution in [0.5, 0.6) is 0 Å². The second kappa shape index (κ2) is 6.60. The normalized spacial score (nSPS) is 27.2. The molecule has 5 heteroatoms. The highest BCUT2D eigenvalue weighted by Gasteiger charge is 2.33. The number of hydrogen-bond donors (Lipinski definition) is 1. The molecule has 2 nitrogen and oxygen atoms in total. The van der Waals surface area contributed by atoms with E-state index in [1.165, 1.54) is 12.1 Å². The van der Waals surface area contributed by atoms with Crippen LogP contribution < -0.4 is 5.32 Å². The van der Waals surface area contributed by atoms with Crippen molar-refractivity contribution < 1.29 is 13.2 Å². The zero-order chi connectivity index (χ0) is 15.5. The molecule has 0 heterocycles. The Morgan fingerprint density at radius 3 is 2.67 bits per heavy atom. The number of rotatable bonds is 3. The maximum absolute atomic E-state index is 12.8. The van der Waals surface area contributed by atoms with Crippen molar-refractivity contribution >= 4 is 6.21 Å². The fourth-order valence-electron chi connectivity index (χ4n) is 3.17. The highest BCUT2D eigenvalue weighted by molar-refractivity contribution is 5.62. The molecule has 1 aromatic rings. The zero-order valence-corrected chi connectivity index (χ0v) is 12.3. The quantitative estimate of drug-likeness (QED) is 0.842. The third kappa shape index (κ3) is 3.84. The molecular weight excluding hydrogens is 277 g/mol. The van der Waals surface area contributed by atoms with Gasteiger partial charge in [0, 0.05) is 25.2 Å². The molecule has 0 radical (unpaired) electrons. The average Bonchev–Trinajstić information content (AvgIpc) is 2.47. The van der Waals surface area contributed by atoms with Crippen LogP contribution in [0.4, 0.5) is 13.2 Å². The summed E-state index contributed by atoms with van der Waals surface area (Å²) in [6.45, 7) is 0. The molecule has 0 bridgehead atoms. The predicted molar refractivity (Wildman–Crippen MR) is 78.8 cm³/mol. The number of halogens is 3. The highest BCUT2D eigenvalue weighted by atomic mass is 19.4. The molecule has 1 aliphatic carbocycles. The van der Waals surface area contributed by atoms with Gasteiger partial charge in [0.2, 0.25) is 0 Å². The molecule has 1 aliphatic rings. The number of benzene rings is 1. The summed E-state index contributed by atoms with van der Waals surface area (Å²) < 4.78 is 38.4. The van der Waals surface area contributed by atoms with Crippen molar-refractivity contribution in [2.45, 2.75) is 37.4 Å². The number of nitrogens with one attached hydrogen (secondary N) is 1. The van der Waals surface area contributed by atoms with E-state index in [0.29, 0.717) is 5.92 Å². The summed E-state index contributed by atoms with van der Waals surface area (Å²) in [5.41, 5.74) is 0.232. The lowest BCUT2D eigenvalue weighted by Gasteiger charge is -2.34. The molecule has 0 aromatic heterocycles. The summed E-state index contributed by atoms with van der Waals surface area (Å²) in [5, 5.41) is 3.27. The summed E-state index contributed by atoms with van der Waals surface area (Å²) >= 11 is 0. The van der Waals surface area contributed by atoms with Crippen molar-refractivity contribution in [3.05, 3.63) is 35.4 Å². The Hall–Kier alpha value is -1.36. The summed E-state index contributed by atoms with van der Waals surface area (Å²) in [6.07, 6.45) is 0.364. The zero-order valence-electron chi connectivity index (χ0n) is 12.3. The SMILES string of the molecule is CN=CC1CC[C@H](c2cccc(C(F)(F)F)c2)C[C@@H]1NC. The van der Waals surface area contributed by atoms with Crippen molar-refractivity contribution in [1.82, 2.24) is 5.32 Å². The first-order valence-corrected chi connectivity index (χ1v) is 7.22. The van der Waals surface area contributed by atoms with Gasteiger partial charge >= 0.3 is 6.18 Å². The van der Waals surface area contributed by atoms with E-state index in [4.69, 9.17) is 0 Å². The molecule has 1 fully saturated rings. The van der Waals surface area contributed by atoms with Gasteiger partial charge in [0.15, 0.2) is 0 Å². The van der Waals surface area contributed by atoms with Crippen molar-refractivity contribution in [2.75, 3.05) is 14.1 Å². The van der Waals surface area contributed by atoms with Gasteiger partial charge < -0.3 is 10.3 Å². The van der Waals surface area contributed by atoms with E-state index in [2.05, 4.69) is 10.3 Å². The van der Waals surface area contributed by atoms with Gasteiger partial charge in [-0.2, -0.15) is 13.2 Å². The first-order chi connectivity index (χ1) is 9.95. The molecule has 21 heavy (non-hydrogen) atoms. The Morgan fingerprint density at radius 2 is 2.05 bits per heavy atom. The van der Waals surface area contributed by atoms with Crippen molar-refractivity contribution in [3.8, 4) is 0 Å². The fraction of sp³-hybridized carbons (Fsp3) is 0.562. The lowest BCUT2D eigenvalue weighted by molar-refractivity contribution is -0.137. The average molecular weight is 298 g/mol. The van der Waals surface area contributed by atoms with Crippen LogP contribution in [-0.2, 0) is 6.18 Å². The van der Waals surface area contributed by atoms with E-state index < -0.39 is 11.7 Å². The first-order valence-electron chi connectivity index (χ1n) is 7.22. The highest BCUT2D eigenvalue weighted by Crippen LogP contribution is 2.37. The molecule has 1 aromatic carbocycles. The second-order valence-electron chi connectivity index (χ2n) is 5.60. The minimum Gasteiger partial charge on any atom is -0.316 e. The van der Waals surface area contributed by atoms with Crippen LogP contribution in [0.15, 0.2) is 29.3 Å². The lowest BCUT2D eigenvalue weighted by atomic mass is 9.75. The molecular formula is C16H21F3N2. The van der Waals surface area contributed by atoms with Gasteiger partial charge in [-0.15, -0.1) is 0 Å². The standard InChI is InChI=1S/C16H21F3N2/c1-20-10-13-7-6-12(9-15(13)21-2)11-4-3-5-14(8-11)16(17,18)19/h3-5,8,10,12-13,15,21H,6-7,9H2,1-2H3/t12-,13?,15-/m0/s1. The van der Waals surface area contributed by atoms with E-state index in [0.717, 1.165) is 30.9 Å². The Kier molecular flexibility index (Phi) is 5.04. The van der Waals surface area contributed by atoms with Crippen molar-refractivity contribution in [3.63, 3.8) is 0 Å². The van der Waals surface area contributed by atoms with Gasteiger partial charge in [-0.3, -0.25) is 0 Å². The summed E-state index contributed by atoms with van der Waals surface area (Å²) in [4.78, 5) is 4.09. The van der Waals surface area contributed by atoms with Gasteiger partial charge in [-0.25, -0.2) is 0 Å². The molecule has 1 N–H and O–H groups in total. The molecule has 0 amide bonds. The van der Waals surface area contributed by atoms with Crippen LogP contribution >= 0.6 is 0 Å². The molecule has 1 saturated carbocycles. The van der Waals surface area contributed by atoms with Crippen LogP contribution in [0.25, 0.3) is 0 Å². The fourth-order valence-corrected chi connectivity index (χ4v) is 3.17. The Labute approximate surface area is 123 Å². The number of aliphatic imine (C=N–C) groups is 1. The van der Waals surface area contributed by atoms with E-state index in [9.17, 15) is 13.2 Å². The van der Waals surface area contributed by atoms with Crippen LogP contribution in [0.3, 0.4) is 0 Å². The van der Waals surface area contributed by atoms with Gasteiger partial charge in [0.05, 0.1) is 5.56 Å². The van der Waals surface area contributed by atoms with Crippen molar-refractivity contribution in [1.29, 1.82) is 0 Å². The summed E-state index contributed by atoms with van der Waals surface area (Å²) in [6, 6.07) is 6.01. The van der Waals surface area contributed by atoms with Crippen LogP contribution in [0.2, 0.25) is 0 Å². The maximum Gasteiger partial charge on any atom is 0.416 e. The number of alkyl halides is 3. The molecule has 116 valence electrons. The van der Waals surface area contributed by atoms with Crippen LogP contribution in [0, 0.1) is 5.92 Å². The van der Waals surface area contributed by atoms with E-state index in [-0.39, 0.29) is 12.0 Å². The Morgan fingerprint density at radius 1 is 1.29 bits per heavy atom. The third-order valence-corrected chi connectivity index (χ3v) is 4.30. The minimum atomic E-state index is -4.27. The smallest absolute Gasteiger partial charge is 0.316 e. The Bertz CT molecular complexity index is 497. The largest absolute Gasteiger partial charge is 0.416 e. The topological polar surface area (TPSA) is 24.4 Å². The summed E-state index contributed by atoms with van der Waals surface area (Å²) in [5.74, 6) is 0.535. The van der Waals surface area contributed by atoms with Gasteiger partial charge in [0.1, 0.15) is 0 Å².